The van der Waals surface area contributed by atoms with Crippen molar-refractivity contribution in [1.82, 2.24) is 4.90 Å². The lowest BCUT2D eigenvalue weighted by molar-refractivity contribution is 0.0300. The number of rotatable bonds is 1. The van der Waals surface area contributed by atoms with E-state index in [1.807, 2.05) is 6.92 Å². The molecule has 1 aliphatic rings. The smallest absolute Gasteiger partial charge is 0.0692 e. The normalized spacial score (nSPS) is 38.4. The Labute approximate surface area is 62.8 Å². The summed E-state index contributed by atoms with van der Waals surface area (Å²) in [4.78, 5) is 2.25. The molecule has 1 saturated heterocycles. The van der Waals surface area contributed by atoms with E-state index in [0.29, 0.717) is 0 Å². The van der Waals surface area contributed by atoms with Crippen LogP contribution in [-0.4, -0.2) is 35.2 Å². The molecule has 1 heterocycles. The quantitative estimate of drug-likeness (QED) is 0.588. The number of aliphatic hydroxyl groups excluding tert-OH is 1. The first-order valence-electron chi connectivity index (χ1n) is 3.96. The van der Waals surface area contributed by atoms with Crippen LogP contribution in [0.15, 0.2) is 0 Å². The topological polar surface area (TPSA) is 23.5 Å². The Kier molecular flexibility index (Phi) is 2.02. The van der Waals surface area contributed by atoms with Gasteiger partial charge in [-0.3, -0.25) is 4.90 Å². The fourth-order valence-electron chi connectivity index (χ4n) is 1.65. The molecule has 10 heavy (non-hydrogen) atoms. The zero-order valence-electron chi connectivity index (χ0n) is 7.09. The number of likely N-dealkylation sites (N-methyl/N-ethyl adjacent to an activating group) is 1. The van der Waals surface area contributed by atoms with Crippen LogP contribution in [0.2, 0.25) is 0 Å². The fraction of sp³-hybridized carbons (Fsp3) is 1.00. The molecule has 0 aromatic rings. The van der Waals surface area contributed by atoms with Crippen molar-refractivity contribution < 1.29 is 5.11 Å². The summed E-state index contributed by atoms with van der Waals surface area (Å²) in [5.41, 5.74) is 0.0417. The maximum absolute atomic E-state index is 9.44. The molecular weight excluding hydrogens is 126 g/mol. The highest BCUT2D eigenvalue weighted by atomic mass is 16.3. The Bertz CT molecular complexity index is 124. The minimum atomic E-state index is -0.208. The van der Waals surface area contributed by atoms with Gasteiger partial charge in [-0.25, -0.2) is 0 Å². The molecule has 0 saturated carbocycles. The Hall–Kier alpha value is -0.0800. The van der Waals surface area contributed by atoms with Gasteiger partial charge in [0.25, 0.3) is 0 Å². The molecular formula is C8H17NO. The molecule has 1 N–H and O–H groups in total. The summed E-state index contributed by atoms with van der Waals surface area (Å²) in [5, 5.41) is 9.44. The highest BCUT2D eigenvalue weighted by Gasteiger charge is 2.37. The molecule has 2 nitrogen and oxygen atoms in total. The number of hydrogen-bond acceptors (Lipinski definition) is 2. The summed E-state index contributed by atoms with van der Waals surface area (Å²) >= 11 is 0. The van der Waals surface area contributed by atoms with E-state index in [9.17, 15) is 5.11 Å². The third-order valence-corrected chi connectivity index (χ3v) is 2.95. The SMILES string of the molecule is CC(O)[C@]1(C)CCCN1C. The molecule has 2 heteroatoms. The molecule has 0 aliphatic carbocycles. The molecule has 0 amide bonds. The van der Waals surface area contributed by atoms with Crippen LogP contribution in [-0.2, 0) is 0 Å². The van der Waals surface area contributed by atoms with Crippen LogP contribution in [0.3, 0.4) is 0 Å². The fourth-order valence-corrected chi connectivity index (χ4v) is 1.65. The number of likely N-dealkylation sites (tertiary alicyclic amines) is 1. The highest BCUT2D eigenvalue weighted by Crippen LogP contribution is 2.29. The van der Waals surface area contributed by atoms with Crippen molar-refractivity contribution >= 4 is 0 Å². The first-order valence-corrected chi connectivity index (χ1v) is 3.96. The predicted octanol–water partition coefficient (Wildman–Crippen LogP) is 0.851. The van der Waals surface area contributed by atoms with Crippen LogP contribution in [0.25, 0.3) is 0 Å². The van der Waals surface area contributed by atoms with E-state index >= 15 is 0 Å². The van der Waals surface area contributed by atoms with Gasteiger partial charge in [0.15, 0.2) is 0 Å². The molecule has 0 bridgehead atoms. The second kappa shape index (κ2) is 2.51. The van der Waals surface area contributed by atoms with Gasteiger partial charge in [0.2, 0.25) is 0 Å². The lowest BCUT2D eigenvalue weighted by Gasteiger charge is -2.34. The number of hydrogen-bond donors (Lipinski definition) is 1. The van der Waals surface area contributed by atoms with E-state index in [-0.39, 0.29) is 11.6 Å². The van der Waals surface area contributed by atoms with Crippen molar-refractivity contribution in [2.45, 2.75) is 38.3 Å². The summed E-state index contributed by atoms with van der Waals surface area (Å²) in [6.45, 7) is 5.13. The van der Waals surface area contributed by atoms with Crippen molar-refractivity contribution in [3.05, 3.63) is 0 Å². The van der Waals surface area contributed by atoms with Crippen molar-refractivity contribution in [2.75, 3.05) is 13.6 Å². The van der Waals surface area contributed by atoms with E-state index in [4.69, 9.17) is 0 Å². The summed E-state index contributed by atoms with van der Waals surface area (Å²) < 4.78 is 0. The zero-order valence-corrected chi connectivity index (χ0v) is 7.09. The van der Waals surface area contributed by atoms with Crippen molar-refractivity contribution in [3.8, 4) is 0 Å². The summed E-state index contributed by atoms with van der Waals surface area (Å²) in [6.07, 6.45) is 2.14. The molecule has 1 fully saturated rings. The average molecular weight is 143 g/mol. The third-order valence-electron chi connectivity index (χ3n) is 2.95. The van der Waals surface area contributed by atoms with Crippen molar-refractivity contribution in [2.24, 2.45) is 0 Å². The van der Waals surface area contributed by atoms with Gasteiger partial charge in [-0.1, -0.05) is 0 Å². The number of aliphatic hydroxyl groups is 1. The van der Waals surface area contributed by atoms with E-state index in [0.717, 1.165) is 13.0 Å². The molecule has 2 atom stereocenters. The van der Waals surface area contributed by atoms with Gasteiger partial charge >= 0.3 is 0 Å². The molecule has 0 spiro atoms. The Morgan fingerprint density at radius 1 is 1.60 bits per heavy atom. The summed E-state index contributed by atoms with van der Waals surface area (Å²) in [6, 6.07) is 0. The van der Waals surface area contributed by atoms with Gasteiger partial charge in [0.1, 0.15) is 0 Å². The van der Waals surface area contributed by atoms with E-state index in [1.54, 1.807) is 0 Å². The molecule has 0 radical (unpaired) electrons. The van der Waals surface area contributed by atoms with Crippen molar-refractivity contribution in [3.63, 3.8) is 0 Å². The lowest BCUT2D eigenvalue weighted by atomic mass is 9.93. The van der Waals surface area contributed by atoms with Gasteiger partial charge in [0.05, 0.1) is 6.10 Å². The zero-order chi connectivity index (χ0) is 7.78. The van der Waals surface area contributed by atoms with Crippen LogP contribution < -0.4 is 0 Å². The average Bonchev–Trinajstić information content (AvgIpc) is 2.15. The maximum Gasteiger partial charge on any atom is 0.0692 e. The van der Waals surface area contributed by atoms with Crippen molar-refractivity contribution in [1.29, 1.82) is 0 Å². The molecule has 1 unspecified atom stereocenters. The van der Waals surface area contributed by atoms with Gasteiger partial charge in [0, 0.05) is 5.54 Å². The van der Waals surface area contributed by atoms with E-state index in [1.165, 1.54) is 6.42 Å². The van der Waals surface area contributed by atoms with Gasteiger partial charge in [-0.15, -0.1) is 0 Å². The Balaban J connectivity index is 2.66. The third kappa shape index (κ3) is 1.06. The largest absolute Gasteiger partial charge is 0.391 e. The second-order valence-corrected chi connectivity index (χ2v) is 3.56. The summed E-state index contributed by atoms with van der Waals surface area (Å²) in [7, 11) is 2.08. The highest BCUT2D eigenvalue weighted by molar-refractivity contribution is 4.93. The van der Waals surface area contributed by atoms with Crippen LogP contribution in [0.1, 0.15) is 26.7 Å². The lowest BCUT2D eigenvalue weighted by Crippen LogP contribution is -2.47. The minimum Gasteiger partial charge on any atom is -0.391 e. The standard InChI is InChI=1S/C8H17NO/c1-7(10)8(2)5-4-6-9(8)3/h7,10H,4-6H2,1-3H3/t7?,8-/m0/s1. The second-order valence-electron chi connectivity index (χ2n) is 3.56. The predicted molar refractivity (Wildman–Crippen MR) is 41.9 cm³/mol. The van der Waals surface area contributed by atoms with E-state index < -0.39 is 0 Å². The van der Waals surface area contributed by atoms with Crippen LogP contribution >= 0.6 is 0 Å². The maximum atomic E-state index is 9.44. The molecule has 60 valence electrons. The number of nitrogens with zero attached hydrogens (tertiary/aromatic N) is 1. The monoisotopic (exact) mass is 143 g/mol. The van der Waals surface area contributed by atoms with Gasteiger partial charge in [-0.2, -0.15) is 0 Å². The Morgan fingerprint density at radius 3 is 2.40 bits per heavy atom. The van der Waals surface area contributed by atoms with Gasteiger partial charge in [-0.05, 0) is 40.3 Å². The van der Waals surface area contributed by atoms with Gasteiger partial charge < -0.3 is 5.11 Å². The molecule has 1 aliphatic heterocycles. The first-order chi connectivity index (χ1) is 4.57. The molecule has 0 aromatic carbocycles. The van der Waals surface area contributed by atoms with E-state index in [2.05, 4.69) is 18.9 Å². The first kappa shape index (κ1) is 8.02. The Morgan fingerprint density at radius 2 is 2.20 bits per heavy atom. The van der Waals surface area contributed by atoms with Crippen LogP contribution in [0.4, 0.5) is 0 Å². The summed E-state index contributed by atoms with van der Waals surface area (Å²) in [5.74, 6) is 0. The minimum absolute atomic E-state index is 0.0417. The van der Waals surface area contributed by atoms with Crippen LogP contribution in [0, 0.1) is 0 Å². The molecule has 0 aromatic heterocycles. The molecule has 1 rings (SSSR count). The van der Waals surface area contributed by atoms with Crippen LogP contribution in [0.5, 0.6) is 0 Å².